The third kappa shape index (κ3) is 5.04. The lowest BCUT2D eigenvalue weighted by Gasteiger charge is -2.29. The van der Waals surface area contributed by atoms with Gasteiger partial charge in [-0.3, -0.25) is 4.79 Å². The second kappa shape index (κ2) is 10.2. The van der Waals surface area contributed by atoms with Crippen LogP contribution in [0.3, 0.4) is 0 Å². The molecule has 1 aromatic heterocycles. The lowest BCUT2D eigenvalue weighted by Crippen LogP contribution is -2.31. The average Bonchev–Trinajstić information content (AvgIpc) is 3.32. The molecule has 0 fully saturated rings. The van der Waals surface area contributed by atoms with Crippen molar-refractivity contribution in [2.45, 2.75) is 19.6 Å². The number of hydrogen-bond donors (Lipinski definition) is 2. The molecule has 7 nitrogen and oxygen atoms in total. The zero-order valence-electron chi connectivity index (χ0n) is 19.0. The molecule has 0 bridgehead atoms. The van der Waals surface area contributed by atoms with Crippen LogP contribution in [0.2, 0.25) is 15.1 Å². The summed E-state index contributed by atoms with van der Waals surface area (Å²) in [6.45, 7) is 2.10. The highest BCUT2D eigenvalue weighted by Crippen LogP contribution is 2.36. The van der Waals surface area contributed by atoms with Crippen molar-refractivity contribution >= 4 is 52.3 Å². The first-order valence-corrected chi connectivity index (χ1v) is 12.1. The van der Waals surface area contributed by atoms with Crippen LogP contribution in [0.1, 0.15) is 24.1 Å². The van der Waals surface area contributed by atoms with E-state index in [2.05, 4.69) is 20.7 Å². The summed E-state index contributed by atoms with van der Waals surface area (Å²) >= 11 is 18.3. The molecule has 2 heterocycles. The van der Waals surface area contributed by atoms with Crippen LogP contribution in [0, 0.1) is 0 Å². The summed E-state index contributed by atoms with van der Waals surface area (Å²) in [6.07, 6.45) is 1.45. The van der Waals surface area contributed by atoms with E-state index >= 15 is 0 Å². The summed E-state index contributed by atoms with van der Waals surface area (Å²) in [5, 5.41) is 12.2. The largest absolute Gasteiger partial charge is 0.489 e. The molecule has 5 rings (SSSR count). The molecule has 36 heavy (non-hydrogen) atoms. The van der Waals surface area contributed by atoms with Crippen LogP contribution in [-0.4, -0.2) is 20.7 Å². The molecule has 1 amide bonds. The van der Waals surface area contributed by atoms with Gasteiger partial charge in [0.2, 0.25) is 5.95 Å². The number of anilines is 2. The molecule has 0 spiro atoms. The number of ether oxygens (including phenoxy) is 1. The first-order valence-electron chi connectivity index (χ1n) is 11.0. The van der Waals surface area contributed by atoms with Gasteiger partial charge in [0.25, 0.3) is 5.91 Å². The highest BCUT2D eigenvalue weighted by atomic mass is 35.5. The molecule has 4 aromatic rings. The van der Waals surface area contributed by atoms with Gasteiger partial charge in [0.15, 0.2) is 0 Å². The number of hydrogen-bond acceptors (Lipinski definition) is 5. The molecule has 1 aliphatic rings. The number of nitrogens with one attached hydrogen (secondary N) is 2. The van der Waals surface area contributed by atoms with E-state index in [1.165, 1.54) is 6.33 Å². The Morgan fingerprint density at radius 2 is 1.83 bits per heavy atom. The zero-order chi connectivity index (χ0) is 25.2. The van der Waals surface area contributed by atoms with Crippen molar-refractivity contribution in [3.05, 3.63) is 111 Å². The van der Waals surface area contributed by atoms with Crippen LogP contribution in [0.5, 0.6) is 5.75 Å². The van der Waals surface area contributed by atoms with E-state index < -0.39 is 6.04 Å². The predicted octanol–water partition coefficient (Wildman–Crippen LogP) is 6.74. The van der Waals surface area contributed by atoms with Crippen molar-refractivity contribution in [2.24, 2.45) is 0 Å². The Morgan fingerprint density at radius 3 is 2.61 bits per heavy atom. The number of nitrogens with zero attached hydrogens (tertiary/aromatic N) is 3. The van der Waals surface area contributed by atoms with Gasteiger partial charge in [0.1, 0.15) is 24.7 Å². The Kier molecular flexibility index (Phi) is 6.87. The number of fused-ring (bicyclic) bond motifs is 1. The summed E-state index contributed by atoms with van der Waals surface area (Å²) in [5.41, 5.74) is 3.42. The minimum atomic E-state index is -0.529. The minimum absolute atomic E-state index is 0.263. The van der Waals surface area contributed by atoms with Gasteiger partial charge < -0.3 is 15.4 Å². The molecular formula is C26H20Cl3N5O2. The van der Waals surface area contributed by atoms with Gasteiger partial charge >= 0.3 is 0 Å². The van der Waals surface area contributed by atoms with Crippen molar-refractivity contribution in [3.8, 4) is 5.75 Å². The van der Waals surface area contributed by atoms with Gasteiger partial charge in [0.05, 0.1) is 5.57 Å². The lowest BCUT2D eigenvalue weighted by molar-refractivity contribution is -0.113. The quantitative estimate of drug-likeness (QED) is 0.283. The Labute approximate surface area is 222 Å². The van der Waals surface area contributed by atoms with E-state index in [0.717, 1.165) is 11.1 Å². The SMILES string of the molecule is CC1=C(C(=O)Nc2ccc(Cl)cc2)[C@@H](c2cccc(OCc3ccc(Cl)cc3Cl)c2)n2ncnc2N1. The molecule has 182 valence electrons. The standard InChI is InChI=1S/C26H20Cl3N5O2/c1-15-23(25(35)33-20-9-7-18(27)8-10-20)24(34-26(32-15)30-14-31-34)16-3-2-4-21(11-16)36-13-17-5-6-19(28)12-22(17)29/h2-12,14,24H,13H2,1H3,(H,33,35)(H,30,31,32)/t24-/m1/s1. The number of allylic oxidation sites excluding steroid dienone is 1. The summed E-state index contributed by atoms with van der Waals surface area (Å²) < 4.78 is 7.71. The molecule has 0 radical (unpaired) electrons. The highest BCUT2D eigenvalue weighted by molar-refractivity contribution is 6.35. The molecular weight excluding hydrogens is 521 g/mol. The van der Waals surface area contributed by atoms with Crippen molar-refractivity contribution in [1.82, 2.24) is 14.8 Å². The highest BCUT2D eigenvalue weighted by Gasteiger charge is 2.33. The molecule has 2 N–H and O–H groups in total. The number of halogens is 3. The number of amides is 1. The van der Waals surface area contributed by atoms with Crippen LogP contribution in [0.4, 0.5) is 11.6 Å². The maximum Gasteiger partial charge on any atom is 0.255 e. The monoisotopic (exact) mass is 539 g/mol. The molecule has 0 unspecified atom stereocenters. The number of carbonyl (C=O) groups is 1. The number of carbonyl (C=O) groups excluding carboxylic acids is 1. The van der Waals surface area contributed by atoms with Crippen molar-refractivity contribution in [1.29, 1.82) is 0 Å². The van der Waals surface area contributed by atoms with E-state index in [1.54, 1.807) is 41.1 Å². The van der Waals surface area contributed by atoms with Gasteiger partial charge in [0, 0.05) is 32.0 Å². The lowest BCUT2D eigenvalue weighted by atomic mass is 9.95. The first kappa shape index (κ1) is 24.2. The Balaban J connectivity index is 1.45. The fourth-order valence-corrected chi connectivity index (χ4v) is 4.59. The van der Waals surface area contributed by atoms with Crippen molar-refractivity contribution in [3.63, 3.8) is 0 Å². The molecule has 0 saturated carbocycles. The van der Waals surface area contributed by atoms with Crippen LogP contribution < -0.4 is 15.4 Å². The maximum absolute atomic E-state index is 13.5. The van der Waals surface area contributed by atoms with Gasteiger partial charge in [-0.25, -0.2) is 4.68 Å². The Hall–Kier alpha value is -3.52. The van der Waals surface area contributed by atoms with Crippen LogP contribution in [0.25, 0.3) is 0 Å². The van der Waals surface area contributed by atoms with Gasteiger partial charge in [-0.1, -0.05) is 53.0 Å². The second-order valence-electron chi connectivity index (χ2n) is 8.15. The van der Waals surface area contributed by atoms with E-state index in [1.807, 2.05) is 37.3 Å². The van der Waals surface area contributed by atoms with Gasteiger partial charge in [-0.2, -0.15) is 10.1 Å². The first-order chi connectivity index (χ1) is 17.4. The second-order valence-corrected chi connectivity index (χ2v) is 9.43. The summed E-state index contributed by atoms with van der Waals surface area (Å²) in [4.78, 5) is 17.8. The zero-order valence-corrected chi connectivity index (χ0v) is 21.3. The van der Waals surface area contributed by atoms with Crippen LogP contribution in [0.15, 0.2) is 84.3 Å². The average molecular weight is 541 g/mol. The number of aromatic nitrogens is 3. The van der Waals surface area contributed by atoms with Crippen molar-refractivity contribution in [2.75, 3.05) is 10.6 Å². The molecule has 3 aromatic carbocycles. The molecule has 0 saturated heterocycles. The van der Waals surface area contributed by atoms with E-state index in [9.17, 15) is 4.79 Å². The third-order valence-electron chi connectivity index (χ3n) is 5.72. The Bertz CT molecular complexity index is 1470. The molecule has 0 aliphatic carbocycles. The third-order valence-corrected chi connectivity index (χ3v) is 6.56. The van der Waals surface area contributed by atoms with Crippen molar-refractivity contribution < 1.29 is 9.53 Å². The van der Waals surface area contributed by atoms with E-state index in [0.29, 0.717) is 43.7 Å². The Morgan fingerprint density at radius 1 is 1.06 bits per heavy atom. The predicted molar refractivity (Wildman–Crippen MR) is 142 cm³/mol. The molecule has 1 aliphatic heterocycles. The van der Waals surface area contributed by atoms with E-state index in [4.69, 9.17) is 39.5 Å². The normalized spacial score (nSPS) is 14.7. The fraction of sp³-hybridized carbons (Fsp3) is 0.115. The maximum atomic E-state index is 13.5. The van der Waals surface area contributed by atoms with E-state index in [-0.39, 0.29) is 12.5 Å². The smallest absolute Gasteiger partial charge is 0.255 e. The molecule has 10 heteroatoms. The topological polar surface area (TPSA) is 81.1 Å². The van der Waals surface area contributed by atoms with Gasteiger partial charge in [-0.05, 0) is 61.0 Å². The van der Waals surface area contributed by atoms with Gasteiger partial charge in [-0.15, -0.1) is 0 Å². The number of rotatable bonds is 6. The summed E-state index contributed by atoms with van der Waals surface area (Å²) in [5.74, 6) is 0.890. The van der Waals surface area contributed by atoms with Crippen LogP contribution in [-0.2, 0) is 11.4 Å². The molecule has 1 atom stereocenters. The number of benzene rings is 3. The summed E-state index contributed by atoms with van der Waals surface area (Å²) in [7, 11) is 0. The summed E-state index contributed by atoms with van der Waals surface area (Å²) in [6, 6.07) is 19.2. The fourth-order valence-electron chi connectivity index (χ4n) is 4.00. The minimum Gasteiger partial charge on any atom is -0.489 e. The van der Waals surface area contributed by atoms with Crippen LogP contribution >= 0.6 is 34.8 Å².